The molecule has 51 valence electrons. The number of aliphatic carboxylic acids is 1. The first-order chi connectivity index (χ1) is 1.73. The number of hydrogen-bond acceptors (Lipinski definition) is 1. The van der Waals surface area contributed by atoms with Gasteiger partial charge < -0.3 is 21.5 Å². The van der Waals surface area contributed by atoms with E-state index in [4.69, 9.17) is 9.90 Å². The van der Waals surface area contributed by atoms with E-state index in [1.54, 1.807) is 0 Å². The molecule has 0 spiro atoms. The molecule has 0 aliphatic heterocycles. The predicted octanol–water partition coefficient (Wildman–Crippen LogP) is -2.38. The van der Waals surface area contributed by atoms with Crippen molar-refractivity contribution in [2.24, 2.45) is 0 Å². The third-order valence-corrected chi connectivity index (χ3v) is 0. The molecule has 7 N–H and O–H groups in total. The second kappa shape index (κ2) is 25.7. The van der Waals surface area contributed by atoms with Gasteiger partial charge in [0.2, 0.25) is 0 Å². The van der Waals surface area contributed by atoms with Crippen LogP contribution in [-0.4, -0.2) is 27.5 Å². The zero-order chi connectivity index (χ0) is 3.58. The fraction of sp³-hybridized carbons (Fsp3) is 0.500. The molecular formula is C2H10LaO5. The maximum atomic E-state index is 9.00. The van der Waals surface area contributed by atoms with Crippen molar-refractivity contribution in [3.05, 3.63) is 0 Å². The number of carboxylic acids is 1. The Bertz CT molecular complexity index is 33.4. The van der Waals surface area contributed by atoms with Crippen LogP contribution >= 0.6 is 0 Å². The van der Waals surface area contributed by atoms with Crippen LogP contribution < -0.4 is 0 Å². The molecule has 0 aromatic rings. The standard InChI is InChI=1S/C2H4O2.La.3H2O/c1-2(3)4;;;;/h1H3,(H,3,4);;3*1H2. The monoisotopic (exact) mass is 253 g/mol. The molecule has 0 rings (SSSR count). The van der Waals surface area contributed by atoms with E-state index >= 15 is 0 Å². The molecule has 0 atom stereocenters. The molecule has 0 aliphatic rings. The summed E-state index contributed by atoms with van der Waals surface area (Å²) in [6.07, 6.45) is 0. The van der Waals surface area contributed by atoms with Crippen molar-refractivity contribution in [1.29, 1.82) is 0 Å². The van der Waals surface area contributed by atoms with Gasteiger partial charge in [-0.3, -0.25) is 4.79 Å². The quantitative estimate of drug-likeness (QED) is 0.516. The van der Waals surface area contributed by atoms with Crippen LogP contribution in [-0.2, 0) is 4.79 Å². The van der Waals surface area contributed by atoms with Gasteiger partial charge in [-0.05, 0) is 0 Å². The normalized spacial score (nSPS) is 3.12. The Morgan fingerprint density at radius 3 is 1.25 bits per heavy atom. The minimum atomic E-state index is -0.833. The van der Waals surface area contributed by atoms with Gasteiger partial charge in [-0.2, -0.15) is 0 Å². The second-order valence-corrected chi connectivity index (χ2v) is 0.519. The molecular weight excluding hydrogens is 243 g/mol. The van der Waals surface area contributed by atoms with E-state index in [1.807, 2.05) is 0 Å². The predicted molar refractivity (Wildman–Crippen MR) is 24.2 cm³/mol. The van der Waals surface area contributed by atoms with Crippen molar-refractivity contribution < 1.29 is 61.9 Å². The second-order valence-electron chi connectivity index (χ2n) is 0.519. The summed E-state index contributed by atoms with van der Waals surface area (Å²) in [6, 6.07) is 0. The van der Waals surface area contributed by atoms with E-state index in [1.165, 1.54) is 0 Å². The van der Waals surface area contributed by atoms with Gasteiger partial charge in [0.15, 0.2) is 0 Å². The fourth-order valence-corrected chi connectivity index (χ4v) is 0. The first-order valence-corrected chi connectivity index (χ1v) is 0.928. The Morgan fingerprint density at radius 2 is 1.25 bits per heavy atom. The van der Waals surface area contributed by atoms with Crippen LogP contribution in [0.4, 0.5) is 0 Å². The van der Waals surface area contributed by atoms with Gasteiger partial charge in [0.05, 0.1) is 0 Å². The van der Waals surface area contributed by atoms with Gasteiger partial charge in [-0.25, -0.2) is 0 Å². The number of rotatable bonds is 0. The molecule has 0 saturated carbocycles. The van der Waals surface area contributed by atoms with E-state index in [0.717, 1.165) is 6.92 Å². The van der Waals surface area contributed by atoms with Crippen LogP contribution in [0.15, 0.2) is 0 Å². The van der Waals surface area contributed by atoms with Crippen molar-refractivity contribution >= 4 is 5.97 Å². The Labute approximate surface area is 74.6 Å². The van der Waals surface area contributed by atoms with Crippen LogP contribution in [0.3, 0.4) is 0 Å². The number of carbonyl (C=O) groups is 1. The van der Waals surface area contributed by atoms with Crippen LogP contribution in [0.1, 0.15) is 6.92 Å². The van der Waals surface area contributed by atoms with Crippen molar-refractivity contribution in [1.82, 2.24) is 0 Å². The van der Waals surface area contributed by atoms with Crippen LogP contribution in [0.25, 0.3) is 0 Å². The Kier molecular flexibility index (Phi) is 124. The maximum absolute atomic E-state index is 9.00. The fourth-order valence-electron chi connectivity index (χ4n) is 0. The van der Waals surface area contributed by atoms with Crippen molar-refractivity contribution in [3.63, 3.8) is 0 Å². The zero-order valence-corrected chi connectivity index (χ0v) is 8.06. The summed E-state index contributed by atoms with van der Waals surface area (Å²) in [5, 5.41) is 7.42. The summed E-state index contributed by atoms with van der Waals surface area (Å²) >= 11 is 0. The molecule has 8 heavy (non-hydrogen) atoms. The molecule has 0 heterocycles. The molecule has 0 aliphatic carbocycles. The molecule has 5 nitrogen and oxygen atoms in total. The number of carboxylic acid groups (broad SMARTS) is 1. The first kappa shape index (κ1) is 38.7. The van der Waals surface area contributed by atoms with Gasteiger partial charge in [0.1, 0.15) is 0 Å². The molecule has 0 saturated heterocycles. The van der Waals surface area contributed by atoms with E-state index in [0.29, 0.717) is 0 Å². The summed E-state index contributed by atoms with van der Waals surface area (Å²) in [5.41, 5.74) is 0. The average Bonchev–Trinajstić information content (AvgIpc) is 0.811. The molecule has 1 radical (unpaired) electrons. The van der Waals surface area contributed by atoms with E-state index in [9.17, 15) is 0 Å². The first-order valence-electron chi connectivity index (χ1n) is 0.928. The SMILES string of the molecule is CC(=O)O.O.O.O.[La]. The third-order valence-electron chi connectivity index (χ3n) is 0. The zero-order valence-electron chi connectivity index (χ0n) is 4.43. The summed E-state index contributed by atoms with van der Waals surface area (Å²) in [5.74, 6) is -0.833. The molecule has 0 bridgehead atoms. The summed E-state index contributed by atoms with van der Waals surface area (Å²) in [6.45, 7) is 1.08. The van der Waals surface area contributed by atoms with E-state index < -0.39 is 5.97 Å². The van der Waals surface area contributed by atoms with Gasteiger partial charge >= 0.3 is 0 Å². The Balaban J connectivity index is -0.00000000750. The third kappa shape index (κ3) is 678. The summed E-state index contributed by atoms with van der Waals surface area (Å²) in [7, 11) is 0. The van der Waals surface area contributed by atoms with E-state index in [2.05, 4.69) is 0 Å². The molecule has 0 aromatic heterocycles. The van der Waals surface area contributed by atoms with Gasteiger partial charge in [0, 0.05) is 42.5 Å². The minimum Gasteiger partial charge on any atom is -0.481 e. The smallest absolute Gasteiger partial charge is 0.300 e. The Morgan fingerprint density at radius 1 is 1.25 bits per heavy atom. The van der Waals surface area contributed by atoms with Crippen molar-refractivity contribution in [3.8, 4) is 0 Å². The van der Waals surface area contributed by atoms with Gasteiger partial charge in [0.25, 0.3) is 5.97 Å². The van der Waals surface area contributed by atoms with Crippen LogP contribution in [0, 0.1) is 35.6 Å². The van der Waals surface area contributed by atoms with Gasteiger partial charge in [-0.15, -0.1) is 0 Å². The van der Waals surface area contributed by atoms with E-state index in [-0.39, 0.29) is 52.0 Å². The molecule has 0 unspecified atom stereocenters. The molecule has 6 heteroatoms. The van der Waals surface area contributed by atoms with Crippen molar-refractivity contribution in [2.45, 2.75) is 6.92 Å². The topological polar surface area (TPSA) is 132 Å². The summed E-state index contributed by atoms with van der Waals surface area (Å²) in [4.78, 5) is 9.00. The average molecular weight is 253 g/mol. The number of hydrogen-bond donors (Lipinski definition) is 1. The van der Waals surface area contributed by atoms with Crippen LogP contribution in [0.2, 0.25) is 0 Å². The minimum absolute atomic E-state index is 0. The molecule has 0 aromatic carbocycles. The van der Waals surface area contributed by atoms with Gasteiger partial charge in [-0.1, -0.05) is 0 Å². The molecule has 0 amide bonds. The van der Waals surface area contributed by atoms with Crippen molar-refractivity contribution in [2.75, 3.05) is 0 Å². The maximum Gasteiger partial charge on any atom is 0.300 e. The Hall–Kier alpha value is 0.545. The largest absolute Gasteiger partial charge is 0.481 e. The van der Waals surface area contributed by atoms with Crippen LogP contribution in [0.5, 0.6) is 0 Å². The molecule has 0 fully saturated rings. The summed E-state index contributed by atoms with van der Waals surface area (Å²) < 4.78 is 0.